The van der Waals surface area contributed by atoms with Crippen LogP contribution in [0.4, 0.5) is 0 Å². The van der Waals surface area contributed by atoms with Crippen molar-refractivity contribution in [3.05, 3.63) is 57.9 Å². The Kier molecular flexibility index (Phi) is 6.37. The highest BCUT2D eigenvalue weighted by molar-refractivity contribution is 6.31. The van der Waals surface area contributed by atoms with E-state index in [0.717, 1.165) is 0 Å². The number of likely N-dealkylation sites (tertiary alicyclic amines) is 1. The fraction of sp³-hybridized carbons (Fsp3) is 0.435. The molecule has 1 atom stereocenters. The molecule has 0 N–H and O–H groups in total. The van der Waals surface area contributed by atoms with Gasteiger partial charge in [0, 0.05) is 36.6 Å². The van der Waals surface area contributed by atoms with Crippen LogP contribution in [0.1, 0.15) is 24.8 Å². The minimum Gasteiger partial charge on any atom is -0.469 e. The molecule has 0 saturated carbocycles. The molecule has 0 bridgehead atoms. The van der Waals surface area contributed by atoms with E-state index in [1.165, 1.54) is 18.4 Å². The average molecular weight is 461 g/mol. The number of esters is 1. The third-order valence-electron chi connectivity index (χ3n) is 6.39. The first-order valence-corrected chi connectivity index (χ1v) is 10.8. The molecule has 32 heavy (non-hydrogen) atoms. The van der Waals surface area contributed by atoms with E-state index in [2.05, 4.69) is 11.5 Å². The lowest BCUT2D eigenvalue weighted by atomic mass is 9.77. The number of amides is 1. The smallest absolute Gasteiger partial charge is 0.311 e. The molecule has 2 fully saturated rings. The van der Waals surface area contributed by atoms with Crippen LogP contribution in [0.15, 0.2) is 46.3 Å². The minimum atomic E-state index is -0.773. The van der Waals surface area contributed by atoms with Crippen molar-refractivity contribution >= 4 is 34.4 Å². The van der Waals surface area contributed by atoms with Crippen molar-refractivity contribution in [2.45, 2.75) is 31.3 Å². The summed E-state index contributed by atoms with van der Waals surface area (Å²) in [6, 6.07) is 4.96. The molecule has 3 heterocycles. The number of carbonyl (C=O) groups is 2. The molecular weight excluding hydrogens is 436 g/mol. The Morgan fingerprint density at radius 1 is 1.34 bits per heavy atom. The van der Waals surface area contributed by atoms with Crippen molar-refractivity contribution in [2.24, 2.45) is 5.92 Å². The second-order valence-electron chi connectivity index (χ2n) is 8.16. The van der Waals surface area contributed by atoms with Crippen molar-refractivity contribution < 1.29 is 23.6 Å². The van der Waals surface area contributed by atoms with Crippen LogP contribution < -0.4 is 5.43 Å². The quantitative estimate of drug-likeness (QED) is 0.483. The Bertz CT molecular complexity index is 1110. The van der Waals surface area contributed by atoms with Crippen LogP contribution in [-0.4, -0.2) is 54.2 Å². The van der Waals surface area contributed by atoms with Crippen molar-refractivity contribution in [3.8, 4) is 0 Å². The second kappa shape index (κ2) is 9.05. The maximum Gasteiger partial charge on any atom is 0.311 e. The van der Waals surface area contributed by atoms with E-state index in [-0.39, 0.29) is 24.4 Å². The van der Waals surface area contributed by atoms with Crippen LogP contribution in [0.2, 0.25) is 5.02 Å². The van der Waals surface area contributed by atoms with Gasteiger partial charge >= 0.3 is 5.97 Å². The summed E-state index contributed by atoms with van der Waals surface area (Å²) in [7, 11) is 1.33. The van der Waals surface area contributed by atoms with E-state index >= 15 is 0 Å². The Hall–Kier alpha value is -2.68. The molecule has 1 unspecified atom stereocenters. The van der Waals surface area contributed by atoms with Crippen LogP contribution in [0.5, 0.6) is 0 Å². The molecule has 2 aliphatic rings. The van der Waals surface area contributed by atoms with E-state index in [0.29, 0.717) is 54.0 Å². The fourth-order valence-electron chi connectivity index (χ4n) is 4.75. The summed E-state index contributed by atoms with van der Waals surface area (Å²) in [6.07, 6.45) is 4.13. The Morgan fingerprint density at radius 2 is 2.09 bits per heavy atom. The summed E-state index contributed by atoms with van der Waals surface area (Å²) in [4.78, 5) is 45.8. The van der Waals surface area contributed by atoms with Crippen LogP contribution in [0.3, 0.4) is 0 Å². The normalized spacial score (nSPS) is 20.8. The molecule has 9 heteroatoms. The highest BCUT2D eigenvalue weighted by Gasteiger charge is 2.58. The standard InChI is InChI=1S/C23H25ClN2O6/c1-3-10-32-26-20(27)12-18(22(29)30-2)23(26)6-8-25(9-7-23)13-15-14-31-19-5-4-16(24)11-17(19)21(15)28/h3-5,11,14,18H,1,6-10,12-13H2,2H3. The SMILES string of the molecule is C=CCON1C(=O)CC(C(=O)OC)C12CCN(Cc1coc3ccc(Cl)cc3c1=O)CC2. The van der Waals surface area contributed by atoms with Gasteiger partial charge in [0.05, 0.1) is 36.8 Å². The number of benzene rings is 1. The number of carbonyl (C=O) groups excluding carboxylic acids is 2. The predicted octanol–water partition coefficient (Wildman–Crippen LogP) is 2.92. The summed E-state index contributed by atoms with van der Waals surface area (Å²) in [5.74, 6) is -1.24. The number of nitrogens with zero attached hydrogens (tertiary/aromatic N) is 2. The van der Waals surface area contributed by atoms with Gasteiger partial charge in [0.15, 0.2) is 5.43 Å². The Labute approximate surface area is 190 Å². The molecule has 1 amide bonds. The van der Waals surface area contributed by atoms with Crippen LogP contribution in [0.25, 0.3) is 11.0 Å². The summed E-state index contributed by atoms with van der Waals surface area (Å²) < 4.78 is 10.6. The molecule has 0 radical (unpaired) electrons. The van der Waals surface area contributed by atoms with E-state index in [4.69, 9.17) is 25.6 Å². The molecule has 170 valence electrons. The number of hydrogen-bond acceptors (Lipinski definition) is 7. The first kappa shape index (κ1) is 22.5. The zero-order chi connectivity index (χ0) is 22.9. The third kappa shape index (κ3) is 3.94. The molecule has 2 aliphatic heterocycles. The average Bonchev–Trinajstić information content (AvgIpc) is 3.06. The van der Waals surface area contributed by atoms with E-state index in [1.807, 2.05) is 0 Å². The van der Waals surface area contributed by atoms with E-state index < -0.39 is 17.4 Å². The van der Waals surface area contributed by atoms with E-state index in [1.54, 1.807) is 24.3 Å². The molecular formula is C23H25ClN2O6. The van der Waals surface area contributed by atoms with Crippen molar-refractivity contribution in [1.82, 2.24) is 9.96 Å². The second-order valence-corrected chi connectivity index (χ2v) is 8.60. The molecule has 2 saturated heterocycles. The maximum absolute atomic E-state index is 12.9. The van der Waals surface area contributed by atoms with E-state index in [9.17, 15) is 14.4 Å². The van der Waals surface area contributed by atoms with Gasteiger partial charge in [-0.1, -0.05) is 17.7 Å². The van der Waals surface area contributed by atoms with Crippen molar-refractivity contribution in [3.63, 3.8) is 0 Å². The number of fused-ring (bicyclic) bond motifs is 1. The van der Waals surface area contributed by atoms with Gasteiger partial charge in [-0.25, -0.2) is 5.06 Å². The van der Waals surface area contributed by atoms with Crippen LogP contribution in [-0.2, 0) is 25.7 Å². The van der Waals surface area contributed by atoms with Gasteiger partial charge < -0.3 is 9.15 Å². The number of halogens is 1. The number of hydrogen-bond donors (Lipinski definition) is 0. The zero-order valence-corrected chi connectivity index (χ0v) is 18.6. The maximum atomic E-state index is 12.9. The number of methoxy groups -OCH3 is 1. The lowest BCUT2D eigenvalue weighted by Crippen LogP contribution is -2.57. The van der Waals surface area contributed by atoms with Gasteiger partial charge in [-0.2, -0.15) is 0 Å². The molecule has 2 aromatic rings. The summed E-state index contributed by atoms with van der Waals surface area (Å²) in [5, 5.41) is 2.28. The summed E-state index contributed by atoms with van der Waals surface area (Å²) in [6.45, 7) is 5.34. The lowest BCUT2D eigenvalue weighted by molar-refractivity contribution is -0.218. The summed E-state index contributed by atoms with van der Waals surface area (Å²) >= 11 is 6.04. The van der Waals surface area contributed by atoms with Crippen molar-refractivity contribution in [2.75, 3.05) is 26.8 Å². The third-order valence-corrected chi connectivity index (χ3v) is 6.62. The molecule has 0 aliphatic carbocycles. The van der Waals surface area contributed by atoms with Crippen molar-refractivity contribution in [1.29, 1.82) is 0 Å². The van der Waals surface area contributed by atoms with Gasteiger partial charge in [-0.05, 0) is 31.0 Å². The lowest BCUT2D eigenvalue weighted by Gasteiger charge is -2.45. The number of ether oxygens (including phenoxy) is 1. The molecule has 8 nitrogen and oxygen atoms in total. The van der Waals surface area contributed by atoms with Gasteiger partial charge in [0.2, 0.25) is 5.91 Å². The number of hydroxylamine groups is 2. The largest absolute Gasteiger partial charge is 0.469 e. The predicted molar refractivity (Wildman–Crippen MR) is 118 cm³/mol. The zero-order valence-electron chi connectivity index (χ0n) is 17.8. The minimum absolute atomic E-state index is 0.0544. The molecule has 4 rings (SSSR count). The first-order valence-electron chi connectivity index (χ1n) is 10.5. The highest BCUT2D eigenvalue weighted by Crippen LogP contribution is 2.44. The monoisotopic (exact) mass is 460 g/mol. The van der Waals surface area contributed by atoms with Gasteiger partial charge in [-0.15, -0.1) is 6.58 Å². The number of rotatable bonds is 6. The Morgan fingerprint density at radius 3 is 2.78 bits per heavy atom. The van der Waals surface area contributed by atoms with Gasteiger partial charge in [-0.3, -0.25) is 24.1 Å². The van der Waals surface area contributed by atoms with Gasteiger partial charge in [0.1, 0.15) is 5.58 Å². The van der Waals surface area contributed by atoms with Crippen LogP contribution in [0, 0.1) is 5.92 Å². The topological polar surface area (TPSA) is 89.3 Å². The fourth-order valence-corrected chi connectivity index (χ4v) is 4.93. The molecule has 1 aromatic heterocycles. The molecule has 1 spiro atoms. The molecule has 1 aromatic carbocycles. The first-order chi connectivity index (χ1) is 15.4. The highest BCUT2D eigenvalue weighted by atomic mass is 35.5. The van der Waals surface area contributed by atoms with Crippen LogP contribution >= 0.6 is 11.6 Å². The van der Waals surface area contributed by atoms with Gasteiger partial charge in [0.25, 0.3) is 0 Å². The number of piperidine rings is 1. The Balaban J connectivity index is 1.54. The summed E-state index contributed by atoms with van der Waals surface area (Å²) in [5.41, 5.74) is 0.128.